The van der Waals surface area contributed by atoms with Crippen molar-refractivity contribution in [1.82, 2.24) is 9.55 Å². The van der Waals surface area contributed by atoms with Crippen molar-refractivity contribution in [2.75, 3.05) is 6.54 Å². The van der Waals surface area contributed by atoms with Crippen LogP contribution in [0.2, 0.25) is 0 Å². The summed E-state index contributed by atoms with van der Waals surface area (Å²) in [5.74, 6) is 0. The van der Waals surface area contributed by atoms with Gasteiger partial charge >= 0.3 is 0 Å². The summed E-state index contributed by atoms with van der Waals surface area (Å²) in [7, 11) is 0. The molecule has 2 aromatic rings. The third-order valence-electron chi connectivity index (χ3n) is 2.37. The predicted octanol–water partition coefficient (Wildman–Crippen LogP) is 1.82. The van der Waals surface area contributed by atoms with Crippen LogP contribution in [-0.2, 0) is 6.54 Å². The molecule has 0 fully saturated rings. The van der Waals surface area contributed by atoms with Crippen molar-refractivity contribution in [3.8, 4) is 11.3 Å². The SMILES string of the molecule is Cc1ccc(-c2cn(CCN)cn2)cc1. The minimum Gasteiger partial charge on any atom is -0.336 e. The third kappa shape index (κ3) is 2.25. The van der Waals surface area contributed by atoms with Crippen LogP contribution < -0.4 is 5.73 Å². The molecule has 3 nitrogen and oxygen atoms in total. The lowest BCUT2D eigenvalue weighted by molar-refractivity contribution is 0.708. The van der Waals surface area contributed by atoms with Crippen molar-refractivity contribution in [2.24, 2.45) is 5.73 Å². The number of hydrogen-bond donors (Lipinski definition) is 1. The molecule has 3 heteroatoms. The zero-order valence-corrected chi connectivity index (χ0v) is 8.85. The van der Waals surface area contributed by atoms with Crippen molar-refractivity contribution in [2.45, 2.75) is 13.5 Å². The summed E-state index contributed by atoms with van der Waals surface area (Å²) in [6, 6.07) is 8.36. The lowest BCUT2D eigenvalue weighted by Crippen LogP contribution is -2.07. The first-order valence-electron chi connectivity index (χ1n) is 5.08. The van der Waals surface area contributed by atoms with Crippen LogP contribution in [0.25, 0.3) is 11.3 Å². The van der Waals surface area contributed by atoms with E-state index in [2.05, 4.69) is 36.2 Å². The van der Waals surface area contributed by atoms with E-state index < -0.39 is 0 Å². The molecule has 1 aromatic heterocycles. The van der Waals surface area contributed by atoms with E-state index in [1.54, 1.807) is 0 Å². The molecule has 0 amide bonds. The number of nitrogens with zero attached hydrogens (tertiary/aromatic N) is 2. The average molecular weight is 201 g/mol. The Labute approximate surface area is 89.6 Å². The van der Waals surface area contributed by atoms with Gasteiger partial charge < -0.3 is 10.3 Å². The van der Waals surface area contributed by atoms with E-state index in [-0.39, 0.29) is 0 Å². The smallest absolute Gasteiger partial charge is 0.0954 e. The minimum atomic E-state index is 0.643. The summed E-state index contributed by atoms with van der Waals surface area (Å²) in [4.78, 5) is 4.34. The van der Waals surface area contributed by atoms with Gasteiger partial charge in [0.15, 0.2) is 0 Å². The Bertz CT molecular complexity index is 428. The second kappa shape index (κ2) is 4.28. The second-order valence-corrected chi connectivity index (χ2v) is 3.65. The van der Waals surface area contributed by atoms with Gasteiger partial charge in [-0.1, -0.05) is 29.8 Å². The van der Waals surface area contributed by atoms with Crippen molar-refractivity contribution >= 4 is 0 Å². The maximum Gasteiger partial charge on any atom is 0.0954 e. The Hall–Kier alpha value is -1.61. The van der Waals surface area contributed by atoms with Gasteiger partial charge in [-0.15, -0.1) is 0 Å². The van der Waals surface area contributed by atoms with E-state index in [0.29, 0.717) is 6.54 Å². The van der Waals surface area contributed by atoms with Gasteiger partial charge in [-0.05, 0) is 6.92 Å². The predicted molar refractivity (Wildman–Crippen MR) is 61.5 cm³/mol. The van der Waals surface area contributed by atoms with E-state index >= 15 is 0 Å². The van der Waals surface area contributed by atoms with E-state index in [0.717, 1.165) is 17.8 Å². The number of benzene rings is 1. The third-order valence-corrected chi connectivity index (χ3v) is 2.37. The van der Waals surface area contributed by atoms with E-state index in [1.807, 2.05) is 17.1 Å². The molecule has 0 atom stereocenters. The molecular formula is C12H15N3. The Balaban J connectivity index is 2.25. The van der Waals surface area contributed by atoms with Crippen LogP contribution in [0, 0.1) is 6.92 Å². The van der Waals surface area contributed by atoms with Crippen LogP contribution >= 0.6 is 0 Å². The molecule has 78 valence electrons. The summed E-state index contributed by atoms with van der Waals surface area (Å²) >= 11 is 0. The Kier molecular flexibility index (Phi) is 2.83. The van der Waals surface area contributed by atoms with Crippen LogP contribution in [0.5, 0.6) is 0 Å². The van der Waals surface area contributed by atoms with Gasteiger partial charge in [-0.25, -0.2) is 4.98 Å². The summed E-state index contributed by atoms with van der Waals surface area (Å²) in [5, 5.41) is 0. The largest absolute Gasteiger partial charge is 0.336 e. The van der Waals surface area contributed by atoms with Crippen molar-refractivity contribution in [3.05, 3.63) is 42.4 Å². The van der Waals surface area contributed by atoms with Gasteiger partial charge in [0.25, 0.3) is 0 Å². The fourth-order valence-electron chi connectivity index (χ4n) is 1.50. The monoisotopic (exact) mass is 201 g/mol. The maximum absolute atomic E-state index is 5.48. The first kappa shape index (κ1) is 9.93. The quantitative estimate of drug-likeness (QED) is 0.823. The van der Waals surface area contributed by atoms with Crippen LogP contribution in [-0.4, -0.2) is 16.1 Å². The van der Waals surface area contributed by atoms with Crippen molar-refractivity contribution < 1.29 is 0 Å². The zero-order chi connectivity index (χ0) is 10.7. The molecule has 0 bridgehead atoms. The van der Waals surface area contributed by atoms with Gasteiger partial charge in [0.2, 0.25) is 0 Å². The highest BCUT2D eigenvalue weighted by Gasteiger charge is 2.00. The molecule has 1 aromatic carbocycles. The van der Waals surface area contributed by atoms with Gasteiger partial charge in [-0.2, -0.15) is 0 Å². The highest BCUT2D eigenvalue weighted by Crippen LogP contribution is 2.17. The Morgan fingerprint density at radius 1 is 1.27 bits per heavy atom. The molecule has 0 aliphatic heterocycles. The standard InChI is InChI=1S/C12H15N3/c1-10-2-4-11(5-3-10)12-8-15(7-6-13)9-14-12/h2-5,8-9H,6-7,13H2,1H3. The first-order chi connectivity index (χ1) is 7.29. The highest BCUT2D eigenvalue weighted by molar-refractivity contribution is 5.58. The number of aryl methyl sites for hydroxylation is 1. The van der Waals surface area contributed by atoms with E-state index in [9.17, 15) is 0 Å². The lowest BCUT2D eigenvalue weighted by atomic mass is 10.1. The Morgan fingerprint density at radius 2 is 2.00 bits per heavy atom. The molecule has 1 heterocycles. The number of aromatic nitrogens is 2. The zero-order valence-electron chi connectivity index (χ0n) is 8.85. The van der Waals surface area contributed by atoms with Crippen molar-refractivity contribution in [1.29, 1.82) is 0 Å². The molecule has 0 aliphatic rings. The van der Waals surface area contributed by atoms with Crippen LogP contribution in [0.3, 0.4) is 0 Å². The number of rotatable bonds is 3. The van der Waals surface area contributed by atoms with Crippen molar-refractivity contribution in [3.63, 3.8) is 0 Å². The molecular weight excluding hydrogens is 186 g/mol. The molecule has 0 saturated carbocycles. The summed E-state index contributed by atoms with van der Waals surface area (Å²) in [5.41, 5.74) is 8.90. The second-order valence-electron chi connectivity index (χ2n) is 3.65. The summed E-state index contributed by atoms with van der Waals surface area (Å²) in [6.07, 6.45) is 3.85. The molecule has 0 unspecified atom stereocenters. The number of nitrogens with two attached hydrogens (primary N) is 1. The van der Waals surface area contributed by atoms with Crippen LogP contribution in [0.1, 0.15) is 5.56 Å². The normalized spacial score (nSPS) is 10.5. The van der Waals surface area contributed by atoms with E-state index in [1.165, 1.54) is 5.56 Å². The minimum absolute atomic E-state index is 0.643. The topological polar surface area (TPSA) is 43.8 Å². The lowest BCUT2D eigenvalue weighted by Gasteiger charge is -1.98. The molecule has 0 radical (unpaired) electrons. The van der Waals surface area contributed by atoms with Crippen LogP contribution in [0.15, 0.2) is 36.8 Å². The maximum atomic E-state index is 5.48. The number of imidazole rings is 1. The molecule has 0 spiro atoms. The molecule has 0 aliphatic carbocycles. The summed E-state index contributed by atoms with van der Waals surface area (Å²) in [6.45, 7) is 3.54. The van der Waals surface area contributed by atoms with Crippen LogP contribution in [0.4, 0.5) is 0 Å². The Morgan fingerprint density at radius 3 is 2.67 bits per heavy atom. The molecule has 0 saturated heterocycles. The van der Waals surface area contributed by atoms with Gasteiger partial charge in [0.1, 0.15) is 0 Å². The van der Waals surface area contributed by atoms with Gasteiger partial charge in [0.05, 0.1) is 12.0 Å². The number of hydrogen-bond acceptors (Lipinski definition) is 2. The molecule has 2 rings (SSSR count). The van der Waals surface area contributed by atoms with Gasteiger partial charge in [-0.3, -0.25) is 0 Å². The average Bonchev–Trinajstić information content (AvgIpc) is 2.68. The fraction of sp³-hybridized carbons (Fsp3) is 0.250. The highest BCUT2D eigenvalue weighted by atomic mass is 15.0. The fourth-order valence-corrected chi connectivity index (χ4v) is 1.50. The van der Waals surface area contributed by atoms with Gasteiger partial charge in [0, 0.05) is 24.8 Å². The van der Waals surface area contributed by atoms with E-state index in [4.69, 9.17) is 5.73 Å². The summed E-state index contributed by atoms with van der Waals surface area (Å²) < 4.78 is 2.01. The first-order valence-corrected chi connectivity index (χ1v) is 5.08. The molecule has 2 N–H and O–H groups in total. The molecule has 15 heavy (non-hydrogen) atoms.